The minimum absolute atomic E-state index is 0. The van der Waals surface area contributed by atoms with Crippen LogP contribution in [0.5, 0.6) is 0 Å². The molecule has 4 heteroatoms. The molecule has 3 aliphatic heterocycles. The number of hydrogen-bond donors (Lipinski definition) is 1. The maximum absolute atomic E-state index is 12.0. The Morgan fingerprint density at radius 2 is 1.66 bits per heavy atom. The molecule has 1 aliphatic carbocycles. The van der Waals surface area contributed by atoms with Crippen molar-refractivity contribution in [3.05, 3.63) is 35.9 Å². The Labute approximate surface area is 193 Å². The van der Waals surface area contributed by atoms with E-state index in [4.69, 9.17) is 4.74 Å². The molecule has 3 saturated heterocycles. The van der Waals surface area contributed by atoms with E-state index >= 15 is 0 Å². The molecule has 1 aromatic carbocycles. The lowest BCUT2D eigenvalue weighted by atomic mass is 9.72. The fraction of sp³-hybridized carbons (Fsp3) is 0.680. The number of benzene rings is 1. The molecule has 3 heterocycles. The van der Waals surface area contributed by atoms with Crippen molar-refractivity contribution < 1.29 is 38.3 Å². The zero-order chi connectivity index (χ0) is 19.7. The van der Waals surface area contributed by atoms with E-state index < -0.39 is 11.2 Å². The number of rotatable bonds is 3. The van der Waals surface area contributed by atoms with Crippen LogP contribution in [0.2, 0.25) is 0 Å². The minimum atomic E-state index is -1.08. The molecule has 0 spiro atoms. The summed E-state index contributed by atoms with van der Waals surface area (Å²) in [6.07, 6.45) is 9.37. The van der Waals surface area contributed by atoms with Crippen molar-refractivity contribution in [2.45, 2.75) is 62.6 Å². The quantitative estimate of drug-likeness (QED) is 0.287. The van der Waals surface area contributed by atoms with Crippen LogP contribution in [0, 0.1) is 23.7 Å². The van der Waals surface area contributed by atoms with E-state index in [0.717, 1.165) is 29.4 Å². The largest absolute Gasteiger partial charge is 1.00 e. The van der Waals surface area contributed by atoms with Gasteiger partial charge in [0.15, 0.2) is 11.2 Å². The second kappa shape index (κ2) is 9.26. The Bertz CT molecular complexity index is 726. The van der Waals surface area contributed by atoms with Crippen molar-refractivity contribution in [3.63, 3.8) is 0 Å². The van der Waals surface area contributed by atoms with Gasteiger partial charge in [-0.15, -0.1) is 0 Å². The first-order valence-corrected chi connectivity index (χ1v) is 11.2. The molecule has 1 N–H and O–H groups in total. The van der Waals surface area contributed by atoms with Gasteiger partial charge in [-0.1, -0.05) is 67.9 Å². The van der Waals surface area contributed by atoms with E-state index in [1.807, 2.05) is 37.4 Å². The van der Waals surface area contributed by atoms with E-state index in [1.165, 1.54) is 51.6 Å². The standard InChI is InChI=1S/C25H36NO2.HI/c1-26-18-14-21(15-19-26)24(20-26,28-2)16-17-25(27,23-12-8-5-9-13-23)22-10-6-3-4-7-11-22;/h5,8-9,12-13,21-22,27H,3-4,6-7,10-11,14-15,18-20H2,1-2H3;1H/q+1;/p-1/t21?,24-,25?,26?;/m1./s1. The number of halogens is 1. The molecule has 4 fully saturated rings. The van der Waals surface area contributed by atoms with Crippen molar-refractivity contribution in [1.82, 2.24) is 0 Å². The highest BCUT2D eigenvalue weighted by Crippen LogP contribution is 2.43. The highest BCUT2D eigenvalue weighted by molar-refractivity contribution is 5.35. The van der Waals surface area contributed by atoms with Crippen LogP contribution in [0.4, 0.5) is 0 Å². The molecule has 2 atom stereocenters. The summed E-state index contributed by atoms with van der Waals surface area (Å²) < 4.78 is 7.17. The van der Waals surface area contributed by atoms with Gasteiger partial charge in [0.05, 0.1) is 20.1 Å². The molecule has 4 aliphatic rings. The first kappa shape index (κ1) is 23.1. The summed E-state index contributed by atoms with van der Waals surface area (Å²) in [6, 6.07) is 10.1. The van der Waals surface area contributed by atoms with Crippen LogP contribution in [0.3, 0.4) is 0 Å². The lowest BCUT2D eigenvalue weighted by Gasteiger charge is -2.54. The average Bonchev–Trinajstić information content (AvgIpc) is 3.03. The summed E-state index contributed by atoms with van der Waals surface area (Å²) in [5.74, 6) is 7.69. The Morgan fingerprint density at radius 3 is 2.21 bits per heavy atom. The molecule has 160 valence electrons. The van der Waals surface area contributed by atoms with Crippen LogP contribution >= 0.6 is 0 Å². The Kier molecular flexibility index (Phi) is 7.36. The highest BCUT2D eigenvalue weighted by atomic mass is 127. The molecule has 5 rings (SSSR count). The van der Waals surface area contributed by atoms with Gasteiger partial charge < -0.3 is 38.3 Å². The minimum Gasteiger partial charge on any atom is -1.00 e. The summed E-state index contributed by atoms with van der Waals surface area (Å²) in [6.45, 7) is 3.39. The second-order valence-electron chi connectivity index (χ2n) is 9.66. The maximum atomic E-state index is 12.0. The molecule has 29 heavy (non-hydrogen) atoms. The Hall–Kier alpha value is -0.610. The van der Waals surface area contributed by atoms with E-state index in [-0.39, 0.29) is 29.9 Å². The lowest BCUT2D eigenvalue weighted by Crippen LogP contribution is -3.00. The zero-order valence-electron chi connectivity index (χ0n) is 18.0. The van der Waals surface area contributed by atoms with Crippen LogP contribution in [-0.2, 0) is 10.3 Å². The molecule has 3 nitrogen and oxygen atoms in total. The number of fused-ring (bicyclic) bond motifs is 3. The zero-order valence-corrected chi connectivity index (χ0v) is 20.2. The molecule has 1 aromatic rings. The van der Waals surface area contributed by atoms with Gasteiger partial charge in [0.25, 0.3) is 0 Å². The van der Waals surface area contributed by atoms with Crippen LogP contribution in [0.1, 0.15) is 56.9 Å². The topological polar surface area (TPSA) is 29.5 Å². The molecular weight excluding hydrogens is 473 g/mol. The number of methoxy groups -OCH3 is 1. The van der Waals surface area contributed by atoms with Crippen LogP contribution < -0.4 is 24.0 Å². The fourth-order valence-electron chi connectivity index (χ4n) is 5.94. The van der Waals surface area contributed by atoms with Crippen LogP contribution in [0.15, 0.2) is 30.3 Å². The number of quaternary nitrogens is 1. The third-order valence-corrected chi connectivity index (χ3v) is 7.80. The van der Waals surface area contributed by atoms with Crippen molar-refractivity contribution in [2.75, 3.05) is 33.8 Å². The van der Waals surface area contributed by atoms with Gasteiger partial charge in [0, 0.05) is 31.8 Å². The van der Waals surface area contributed by atoms with E-state index in [0.29, 0.717) is 5.92 Å². The normalized spacial score (nSPS) is 34.2. The number of hydrogen-bond acceptors (Lipinski definition) is 2. The van der Waals surface area contributed by atoms with Gasteiger partial charge in [-0.2, -0.15) is 0 Å². The van der Waals surface area contributed by atoms with Gasteiger partial charge in [-0.25, -0.2) is 0 Å². The second-order valence-corrected chi connectivity index (χ2v) is 9.66. The number of aliphatic hydroxyl groups is 1. The monoisotopic (exact) mass is 509 g/mol. The molecular formula is C25H36INO2. The number of likely N-dealkylation sites (N-methyl/N-ethyl adjacent to an activating group) is 1. The predicted molar refractivity (Wildman–Crippen MR) is 113 cm³/mol. The smallest absolute Gasteiger partial charge is 0.179 e. The van der Waals surface area contributed by atoms with Crippen molar-refractivity contribution in [1.29, 1.82) is 0 Å². The summed E-state index contributed by atoms with van der Waals surface area (Å²) in [5.41, 5.74) is -0.553. The average molecular weight is 509 g/mol. The van der Waals surface area contributed by atoms with Crippen LogP contribution in [-0.4, -0.2) is 49.0 Å². The molecule has 1 saturated carbocycles. The number of ether oxygens (including phenoxy) is 1. The molecule has 1 unspecified atom stereocenters. The summed E-state index contributed by atoms with van der Waals surface area (Å²) in [5, 5.41) is 12.0. The highest BCUT2D eigenvalue weighted by Gasteiger charge is 2.54. The molecule has 0 radical (unpaired) electrons. The lowest BCUT2D eigenvalue weighted by molar-refractivity contribution is -0.931. The molecule has 0 aromatic heterocycles. The van der Waals surface area contributed by atoms with Gasteiger partial charge in [-0.3, -0.25) is 0 Å². The summed E-state index contributed by atoms with van der Waals surface area (Å²) in [4.78, 5) is 0. The van der Waals surface area contributed by atoms with E-state index in [9.17, 15) is 5.11 Å². The van der Waals surface area contributed by atoms with Crippen LogP contribution in [0.25, 0.3) is 0 Å². The van der Waals surface area contributed by atoms with Gasteiger partial charge in [0.2, 0.25) is 0 Å². The van der Waals surface area contributed by atoms with Gasteiger partial charge in [0.1, 0.15) is 6.54 Å². The van der Waals surface area contributed by atoms with Gasteiger partial charge in [-0.05, 0) is 18.4 Å². The summed E-state index contributed by atoms with van der Waals surface area (Å²) >= 11 is 0. The maximum Gasteiger partial charge on any atom is 0.179 e. The fourth-order valence-corrected chi connectivity index (χ4v) is 5.94. The predicted octanol–water partition coefficient (Wildman–Crippen LogP) is 1.11. The van der Waals surface area contributed by atoms with Crippen molar-refractivity contribution in [3.8, 4) is 11.8 Å². The third kappa shape index (κ3) is 4.54. The first-order chi connectivity index (χ1) is 13.5. The molecule has 2 bridgehead atoms. The summed E-state index contributed by atoms with van der Waals surface area (Å²) in [7, 11) is 4.15. The molecule has 0 amide bonds. The third-order valence-electron chi connectivity index (χ3n) is 7.80. The van der Waals surface area contributed by atoms with E-state index in [2.05, 4.69) is 18.9 Å². The number of piperidine rings is 3. The Morgan fingerprint density at radius 1 is 1.03 bits per heavy atom. The van der Waals surface area contributed by atoms with Crippen molar-refractivity contribution in [2.24, 2.45) is 11.8 Å². The SMILES string of the molecule is CO[C@]1(C#CC(O)(c2ccccc2)C2CCCCCC2)C[N+]2(C)CCC1CC2.[I-]. The van der Waals surface area contributed by atoms with E-state index in [1.54, 1.807) is 0 Å². The van der Waals surface area contributed by atoms with Gasteiger partial charge >= 0.3 is 0 Å². The Balaban J connectivity index is 0.00000240. The number of nitrogens with zero attached hydrogens (tertiary/aromatic N) is 1. The van der Waals surface area contributed by atoms with Crippen molar-refractivity contribution >= 4 is 0 Å². The first-order valence-electron chi connectivity index (χ1n) is 11.2.